The van der Waals surface area contributed by atoms with Gasteiger partial charge in [0.1, 0.15) is 18.1 Å². The quantitative estimate of drug-likeness (QED) is 0.139. The van der Waals surface area contributed by atoms with E-state index in [0.717, 1.165) is 6.42 Å². The second-order valence-electron chi connectivity index (χ2n) is 7.56. The number of carbonyl (C=O) groups excluding carboxylic acids is 4. The van der Waals surface area contributed by atoms with Crippen LogP contribution >= 0.6 is 0 Å². The van der Waals surface area contributed by atoms with Crippen LogP contribution in [0.25, 0.3) is 0 Å². The first kappa shape index (κ1) is 28.3. The molecule has 12 heteroatoms. The molecule has 0 aromatic carbocycles. The first-order valence-corrected chi connectivity index (χ1v) is 10.3. The van der Waals surface area contributed by atoms with Gasteiger partial charge in [-0.05, 0) is 32.2 Å². The summed E-state index contributed by atoms with van der Waals surface area (Å²) < 4.78 is 0. The summed E-state index contributed by atoms with van der Waals surface area (Å²) in [5, 5.41) is 16.4. The van der Waals surface area contributed by atoms with Gasteiger partial charge < -0.3 is 38.3 Å². The molecule has 10 N–H and O–H groups in total. The van der Waals surface area contributed by atoms with Crippen molar-refractivity contribution in [2.24, 2.45) is 23.1 Å². The molecule has 4 amide bonds. The van der Waals surface area contributed by atoms with Crippen molar-refractivity contribution in [3.8, 4) is 0 Å². The van der Waals surface area contributed by atoms with Crippen LogP contribution < -0.4 is 33.2 Å². The SMILES string of the molecule is CCC(C)C(NC(=O)C(CC(N)=O)NC(=O)C(C)NC(=O)C(N)CCCCN)C(=O)O. The number of carbonyl (C=O) groups is 5. The summed E-state index contributed by atoms with van der Waals surface area (Å²) in [6.07, 6.45) is 1.72. The van der Waals surface area contributed by atoms with E-state index in [-0.39, 0.29) is 5.92 Å². The van der Waals surface area contributed by atoms with Crippen LogP contribution in [-0.2, 0) is 24.0 Å². The predicted molar refractivity (Wildman–Crippen MR) is 113 cm³/mol. The van der Waals surface area contributed by atoms with Crippen LogP contribution in [-0.4, -0.2) is 65.4 Å². The normalized spacial score (nSPS) is 15.6. The van der Waals surface area contributed by atoms with Gasteiger partial charge in [0.05, 0.1) is 12.5 Å². The molecule has 0 aromatic rings. The highest BCUT2D eigenvalue weighted by Crippen LogP contribution is 2.09. The first-order valence-electron chi connectivity index (χ1n) is 10.3. The number of nitrogens with two attached hydrogens (primary N) is 3. The lowest BCUT2D eigenvalue weighted by Crippen LogP contribution is -2.57. The molecule has 0 saturated heterocycles. The molecule has 5 atom stereocenters. The highest BCUT2D eigenvalue weighted by molar-refractivity contribution is 5.95. The Morgan fingerprint density at radius 1 is 0.935 bits per heavy atom. The van der Waals surface area contributed by atoms with E-state index < -0.39 is 60.2 Å². The Balaban J connectivity index is 5.07. The average Bonchev–Trinajstić information content (AvgIpc) is 2.69. The number of amides is 4. The lowest BCUT2D eigenvalue weighted by molar-refractivity contribution is -0.144. The summed E-state index contributed by atoms with van der Waals surface area (Å²) in [5.74, 6) is -4.65. The summed E-state index contributed by atoms with van der Waals surface area (Å²) in [6, 6.07) is -4.47. The van der Waals surface area contributed by atoms with Gasteiger partial charge in [-0.25, -0.2) is 4.79 Å². The minimum absolute atomic E-state index is 0.384. The molecule has 31 heavy (non-hydrogen) atoms. The number of aliphatic carboxylic acids is 1. The fourth-order valence-electron chi connectivity index (χ4n) is 2.67. The molecule has 0 aliphatic carbocycles. The van der Waals surface area contributed by atoms with E-state index in [0.29, 0.717) is 25.8 Å². The molecular formula is C19H36N6O6. The van der Waals surface area contributed by atoms with Crippen LogP contribution in [0.5, 0.6) is 0 Å². The molecule has 0 radical (unpaired) electrons. The van der Waals surface area contributed by atoms with Gasteiger partial charge in [-0.3, -0.25) is 19.2 Å². The topological polar surface area (TPSA) is 220 Å². The van der Waals surface area contributed by atoms with Crippen molar-refractivity contribution in [3.63, 3.8) is 0 Å². The van der Waals surface area contributed by atoms with E-state index in [4.69, 9.17) is 17.2 Å². The van der Waals surface area contributed by atoms with Crippen molar-refractivity contribution in [1.82, 2.24) is 16.0 Å². The van der Waals surface area contributed by atoms with E-state index in [2.05, 4.69) is 16.0 Å². The van der Waals surface area contributed by atoms with E-state index >= 15 is 0 Å². The summed E-state index contributed by atoms with van der Waals surface area (Å²) >= 11 is 0. The summed E-state index contributed by atoms with van der Waals surface area (Å²) in [7, 11) is 0. The van der Waals surface area contributed by atoms with Crippen molar-refractivity contribution in [2.45, 2.75) is 77.0 Å². The smallest absolute Gasteiger partial charge is 0.326 e. The van der Waals surface area contributed by atoms with Gasteiger partial charge >= 0.3 is 5.97 Å². The van der Waals surface area contributed by atoms with Gasteiger partial charge in [0.2, 0.25) is 23.6 Å². The van der Waals surface area contributed by atoms with Crippen molar-refractivity contribution in [3.05, 3.63) is 0 Å². The van der Waals surface area contributed by atoms with Crippen molar-refractivity contribution in [1.29, 1.82) is 0 Å². The van der Waals surface area contributed by atoms with E-state index in [1.807, 2.05) is 0 Å². The zero-order valence-electron chi connectivity index (χ0n) is 18.3. The Bertz CT molecular complexity index is 643. The monoisotopic (exact) mass is 444 g/mol. The first-order chi connectivity index (χ1) is 14.4. The van der Waals surface area contributed by atoms with Gasteiger partial charge in [0.25, 0.3) is 0 Å². The molecule has 12 nitrogen and oxygen atoms in total. The molecule has 0 heterocycles. The molecular weight excluding hydrogens is 408 g/mol. The number of unbranched alkanes of at least 4 members (excludes halogenated alkanes) is 1. The van der Waals surface area contributed by atoms with Crippen LogP contribution in [0.1, 0.15) is 52.9 Å². The van der Waals surface area contributed by atoms with E-state index in [1.54, 1.807) is 13.8 Å². The lowest BCUT2D eigenvalue weighted by atomic mass is 9.98. The van der Waals surface area contributed by atoms with Crippen LogP contribution in [0.3, 0.4) is 0 Å². The maximum Gasteiger partial charge on any atom is 0.326 e. The van der Waals surface area contributed by atoms with Crippen LogP contribution in [0.2, 0.25) is 0 Å². The zero-order chi connectivity index (χ0) is 24.1. The average molecular weight is 445 g/mol. The number of carboxylic acids is 1. The Morgan fingerprint density at radius 2 is 1.55 bits per heavy atom. The molecule has 0 bridgehead atoms. The van der Waals surface area contributed by atoms with Crippen LogP contribution in [0.4, 0.5) is 0 Å². The fraction of sp³-hybridized carbons (Fsp3) is 0.737. The number of primary amides is 1. The summed E-state index contributed by atoms with van der Waals surface area (Å²) in [5.41, 5.74) is 16.3. The second kappa shape index (κ2) is 14.3. The van der Waals surface area contributed by atoms with Gasteiger partial charge in [-0.2, -0.15) is 0 Å². The number of nitrogens with one attached hydrogen (secondary N) is 3. The van der Waals surface area contributed by atoms with Gasteiger partial charge in [-0.1, -0.05) is 26.7 Å². The third-order valence-corrected chi connectivity index (χ3v) is 4.87. The Labute approximate surface area is 182 Å². The predicted octanol–water partition coefficient (Wildman–Crippen LogP) is -2.08. The van der Waals surface area contributed by atoms with Crippen molar-refractivity contribution >= 4 is 29.6 Å². The van der Waals surface area contributed by atoms with Crippen LogP contribution in [0, 0.1) is 5.92 Å². The van der Waals surface area contributed by atoms with E-state index in [9.17, 15) is 29.1 Å². The molecule has 0 aliphatic heterocycles. The zero-order valence-corrected chi connectivity index (χ0v) is 18.3. The lowest BCUT2D eigenvalue weighted by Gasteiger charge is -2.25. The third kappa shape index (κ3) is 10.7. The number of rotatable bonds is 15. The van der Waals surface area contributed by atoms with Crippen LogP contribution in [0.15, 0.2) is 0 Å². The van der Waals surface area contributed by atoms with E-state index in [1.165, 1.54) is 6.92 Å². The molecule has 0 saturated carbocycles. The standard InChI is InChI=1S/C19H36N6O6/c1-4-10(2)15(19(30)31)25-18(29)13(9-14(22)26)24-16(27)11(3)23-17(28)12(21)7-5-6-8-20/h10-13,15H,4-9,20-21H2,1-3H3,(H2,22,26)(H,23,28)(H,24,27)(H,25,29)(H,30,31). The minimum atomic E-state index is -1.39. The van der Waals surface area contributed by atoms with Gasteiger partial charge in [0, 0.05) is 0 Å². The highest BCUT2D eigenvalue weighted by Gasteiger charge is 2.31. The number of carboxylic acid groups (broad SMARTS) is 1. The molecule has 0 fully saturated rings. The van der Waals surface area contributed by atoms with Gasteiger partial charge in [-0.15, -0.1) is 0 Å². The maximum absolute atomic E-state index is 12.5. The van der Waals surface area contributed by atoms with Crippen molar-refractivity contribution in [2.75, 3.05) is 6.54 Å². The molecule has 0 aromatic heterocycles. The molecule has 0 spiro atoms. The minimum Gasteiger partial charge on any atom is -0.480 e. The Kier molecular flexibility index (Phi) is 13.0. The molecule has 178 valence electrons. The third-order valence-electron chi connectivity index (χ3n) is 4.87. The Hall–Kier alpha value is -2.73. The van der Waals surface area contributed by atoms with Crippen molar-refractivity contribution < 1.29 is 29.1 Å². The molecule has 0 rings (SSSR count). The summed E-state index contributed by atoms with van der Waals surface area (Å²) in [6.45, 7) is 5.28. The largest absolute Gasteiger partial charge is 0.480 e. The molecule has 5 unspecified atom stereocenters. The maximum atomic E-state index is 12.5. The number of hydrogen-bond acceptors (Lipinski definition) is 7. The fourth-order valence-corrected chi connectivity index (χ4v) is 2.67. The second-order valence-corrected chi connectivity index (χ2v) is 7.56. The molecule has 0 aliphatic rings. The Morgan fingerprint density at radius 3 is 2.03 bits per heavy atom. The summed E-state index contributed by atoms with van der Waals surface area (Å²) in [4.78, 5) is 59.9. The number of hydrogen-bond donors (Lipinski definition) is 7. The highest BCUT2D eigenvalue weighted by atomic mass is 16.4. The van der Waals surface area contributed by atoms with Gasteiger partial charge in [0.15, 0.2) is 0 Å².